The van der Waals surface area contributed by atoms with E-state index in [4.69, 9.17) is 10.5 Å². The standard InChI is InChI=1S/C14H16N2O3S/c1-3-11(13(17)19-2)16-12(8-20-14(16)18)9-4-6-10(15)7-5-9/h4-8,11H,3,15H2,1-2H3. The molecule has 0 radical (unpaired) electrons. The first-order chi connectivity index (χ1) is 9.58. The molecule has 0 fully saturated rings. The van der Waals surface area contributed by atoms with Crippen molar-refractivity contribution in [3.8, 4) is 11.3 Å². The van der Waals surface area contributed by atoms with Crippen LogP contribution in [0.1, 0.15) is 19.4 Å². The minimum atomic E-state index is -0.605. The Morgan fingerprint density at radius 3 is 2.60 bits per heavy atom. The lowest BCUT2D eigenvalue weighted by atomic mass is 10.1. The van der Waals surface area contributed by atoms with E-state index < -0.39 is 12.0 Å². The summed E-state index contributed by atoms with van der Waals surface area (Å²) >= 11 is 1.07. The van der Waals surface area contributed by atoms with Gasteiger partial charge in [0.2, 0.25) is 0 Å². The molecule has 2 aromatic rings. The van der Waals surface area contributed by atoms with Crippen LogP contribution in [0.15, 0.2) is 34.4 Å². The maximum atomic E-state index is 12.1. The van der Waals surface area contributed by atoms with Gasteiger partial charge in [-0.2, -0.15) is 0 Å². The highest BCUT2D eigenvalue weighted by atomic mass is 32.1. The van der Waals surface area contributed by atoms with E-state index in [9.17, 15) is 9.59 Å². The third-order valence-electron chi connectivity index (χ3n) is 3.11. The van der Waals surface area contributed by atoms with E-state index in [1.54, 1.807) is 17.5 Å². The van der Waals surface area contributed by atoms with Crippen LogP contribution < -0.4 is 10.6 Å². The monoisotopic (exact) mass is 292 g/mol. The van der Waals surface area contributed by atoms with Gasteiger partial charge in [0.05, 0.1) is 12.8 Å². The topological polar surface area (TPSA) is 74.3 Å². The maximum absolute atomic E-state index is 12.1. The van der Waals surface area contributed by atoms with Crippen LogP contribution in [0.5, 0.6) is 0 Å². The van der Waals surface area contributed by atoms with Crippen molar-refractivity contribution in [3.63, 3.8) is 0 Å². The van der Waals surface area contributed by atoms with Gasteiger partial charge in [-0.3, -0.25) is 9.36 Å². The zero-order valence-electron chi connectivity index (χ0n) is 11.3. The number of hydrogen-bond donors (Lipinski definition) is 1. The molecule has 0 bridgehead atoms. The van der Waals surface area contributed by atoms with Crippen molar-refractivity contribution >= 4 is 23.0 Å². The summed E-state index contributed by atoms with van der Waals surface area (Å²) < 4.78 is 6.27. The highest BCUT2D eigenvalue weighted by Crippen LogP contribution is 2.25. The highest BCUT2D eigenvalue weighted by Gasteiger charge is 2.24. The van der Waals surface area contributed by atoms with Gasteiger partial charge in [-0.1, -0.05) is 30.4 Å². The molecule has 1 atom stereocenters. The van der Waals surface area contributed by atoms with Crippen molar-refractivity contribution in [2.75, 3.05) is 12.8 Å². The normalized spacial score (nSPS) is 12.1. The molecule has 0 saturated heterocycles. The van der Waals surface area contributed by atoms with E-state index in [-0.39, 0.29) is 4.87 Å². The second-order valence-corrected chi connectivity index (χ2v) is 5.15. The van der Waals surface area contributed by atoms with Gasteiger partial charge >= 0.3 is 10.8 Å². The Hall–Kier alpha value is -2.08. The van der Waals surface area contributed by atoms with Crippen LogP contribution in [0.25, 0.3) is 11.3 Å². The molecule has 1 aromatic carbocycles. The average Bonchev–Trinajstić information content (AvgIpc) is 2.82. The molecular formula is C14H16N2O3S. The lowest BCUT2D eigenvalue weighted by Crippen LogP contribution is -2.27. The fourth-order valence-electron chi connectivity index (χ4n) is 2.06. The SMILES string of the molecule is CCC(C(=O)OC)n1c(-c2ccc(N)cc2)csc1=O. The summed E-state index contributed by atoms with van der Waals surface area (Å²) in [6.07, 6.45) is 0.491. The predicted octanol–water partition coefficient (Wildman–Crippen LogP) is 2.28. The first-order valence-electron chi connectivity index (χ1n) is 6.22. The van der Waals surface area contributed by atoms with Gasteiger partial charge in [0.15, 0.2) is 0 Å². The van der Waals surface area contributed by atoms with E-state index in [0.29, 0.717) is 17.8 Å². The van der Waals surface area contributed by atoms with Crippen molar-refractivity contribution in [2.24, 2.45) is 0 Å². The third-order valence-corrected chi connectivity index (χ3v) is 3.85. The molecule has 1 unspecified atom stereocenters. The Bertz CT molecular complexity index is 658. The number of benzene rings is 1. The van der Waals surface area contributed by atoms with Crippen LogP contribution in [-0.2, 0) is 9.53 Å². The number of carbonyl (C=O) groups is 1. The minimum absolute atomic E-state index is 0.172. The first kappa shape index (κ1) is 14.3. The molecule has 0 spiro atoms. The van der Waals surface area contributed by atoms with Crippen LogP contribution in [0.3, 0.4) is 0 Å². The van der Waals surface area contributed by atoms with Gasteiger partial charge in [-0.25, -0.2) is 4.79 Å². The fourth-order valence-corrected chi connectivity index (χ4v) is 2.87. The Kier molecular flexibility index (Phi) is 4.24. The highest BCUT2D eigenvalue weighted by molar-refractivity contribution is 7.07. The number of ether oxygens (including phenoxy) is 1. The smallest absolute Gasteiger partial charge is 0.329 e. The minimum Gasteiger partial charge on any atom is -0.467 e. The summed E-state index contributed by atoms with van der Waals surface area (Å²) in [6.45, 7) is 1.85. The van der Waals surface area contributed by atoms with Gasteiger partial charge in [-0.15, -0.1) is 0 Å². The number of rotatable bonds is 4. The van der Waals surface area contributed by atoms with E-state index >= 15 is 0 Å². The Morgan fingerprint density at radius 1 is 1.40 bits per heavy atom. The number of aromatic nitrogens is 1. The van der Waals surface area contributed by atoms with E-state index in [1.165, 1.54) is 11.7 Å². The van der Waals surface area contributed by atoms with Crippen molar-refractivity contribution in [3.05, 3.63) is 39.3 Å². The number of nitrogens with zero attached hydrogens (tertiary/aromatic N) is 1. The number of esters is 1. The van der Waals surface area contributed by atoms with Gasteiger partial charge in [-0.05, 0) is 24.1 Å². The Labute approximate surface area is 120 Å². The number of carbonyl (C=O) groups excluding carboxylic acids is 1. The summed E-state index contributed by atoms with van der Waals surface area (Å²) in [4.78, 5) is 23.7. The molecule has 0 aliphatic carbocycles. The molecule has 1 heterocycles. The number of hydrogen-bond acceptors (Lipinski definition) is 5. The van der Waals surface area contributed by atoms with Crippen molar-refractivity contribution in [2.45, 2.75) is 19.4 Å². The van der Waals surface area contributed by atoms with Crippen LogP contribution in [0, 0.1) is 0 Å². The third kappa shape index (κ3) is 2.60. The number of methoxy groups -OCH3 is 1. The molecule has 1 aromatic heterocycles. The molecule has 2 N–H and O–H groups in total. The second-order valence-electron chi connectivity index (χ2n) is 4.33. The van der Waals surface area contributed by atoms with E-state index in [1.807, 2.05) is 19.1 Å². The molecule has 106 valence electrons. The summed E-state index contributed by atoms with van der Waals surface area (Å²) in [5.41, 5.74) is 7.87. The molecule has 0 aliphatic rings. The number of thiazole rings is 1. The van der Waals surface area contributed by atoms with Crippen molar-refractivity contribution in [1.82, 2.24) is 4.57 Å². The molecule has 6 heteroatoms. The van der Waals surface area contributed by atoms with Crippen LogP contribution in [-0.4, -0.2) is 17.6 Å². The van der Waals surface area contributed by atoms with Crippen molar-refractivity contribution < 1.29 is 9.53 Å². The van der Waals surface area contributed by atoms with Crippen LogP contribution in [0.2, 0.25) is 0 Å². The molecule has 0 amide bonds. The van der Waals surface area contributed by atoms with Crippen LogP contribution in [0.4, 0.5) is 5.69 Å². The number of anilines is 1. The molecular weight excluding hydrogens is 276 g/mol. The second kappa shape index (κ2) is 5.92. The Balaban J connectivity index is 2.54. The van der Waals surface area contributed by atoms with E-state index in [2.05, 4.69) is 0 Å². The summed E-state index contributed by atoms with van der Waals surface area (Å²) in [5, 5.41) is 1.75. The lowest BCUT2D eigenvalue weighted by molar-refractivity contribution is -0.144. The molecule has 20 heavy (non-hydrogen) atoms. The summed E-state index contributed by atoms with van der Waals surface area (Å²) in [7, 11) is 1.32. The zero-order chi connectivity index (χ0) is 14.7. The number of nitrogens with two attached hydrogens (primary N) is 1. The first-order valence-corrected chi connectivity index (χ1v) is 7.10. The van der Waals surface area contributed by atoms with Gasteiger partial charge in [0.1, 0.15) is 6.04 Å². The molecule has 2 rings (SSSR count). The molecule has 5 nitrogen and oxygen atoms in total. The Morgan fingerprint density at radius 2 is 2.05 bits per heavy atom. The quantitative estimate of drug-likeness (QED) is 0.693. The fraction of sp³-hybridized carbons (Fsp3) is 0.286. The molecule has 0 saturated carbocycles. The zero-order valence-corrected chi connectivity index (χ0v) is 12.1. The molecule has 0 aliphatic heterocycles. The summed E-state index contributed by atoms with van der Waals surface area (Å²) in [6, 6.07) is 6.59. The summed E-state index contributed by atoms with van der Waals surface area (Å²) in [5.74, 6) is -0.412. The average molecular weight is 292 g/mol. The van der Waals surface area contributed by atoms with Gasteiger partial charge in [0.25, 0.3) is 0 Å². The van der Waals surface area contributed by atoms with Crippen molar-refractivity contribution in [1.29, 1.82) is 0 Å². The largest absolute Gasteiger partial charge is 0.467 e. The predicted molar refractivity (Wildman–Crippen MR) is 79.8 cm³/mol. The lowest BCUT2D eigenvalue weighted by Gasteiger charge is -2.16. The van der Waals surface area contributed by atoms with Crippen LogP contribution >= 0.6 is 11.3 Å². The number of nitrogen functional groups attached to an aromatic ring is 1. The maximum Gasteiger partial charge on any atom is 0.329 e. The van der Waals surface area contributed by atoms with Gasteiger partial charge in [0, 0.05) is 11.1 Å². The van der Waals surface area contributed by atoms with Gasteiger partial charge < -0.3 is 10.5 Å². The van der Waals surface area contributed by atoms with E-state index in [0.717, 1.165) is 16.9 Å².